The molecule has 0 bridgehead atoms. The van der Waals surface area contributed by atoms with Gasteiger partial charge in [0.15, 0.2) is 0 Å². The number of halogens is 2. The number of carbonyl (C=O) groups excluding carboxylic acids is 1. The number of carboxylic acids is 1. The van der Waals surface area contributed by atoms with E-state index in [1.165, 1.54) is 17.0 Å². The highest BCUT2D eigenvalue weighted by Crippen LogP contribution is 2.18. The summed E-state index contributed by atoms with van der Waals surface area (Å²) in [5, 5.41) is 8.58. The first-order valence-electron chi connectivity index (χ1n) is 6.30. The van der Waals surface area contributed by atoms with Crippen molar-refractivity contribution in [1.29, 1.82) is 0 Å². The van der Waals surface area contributed by atoms with Crippen molar-refractivity contribution in [3.63, 3.8) is 0 Å². The quantitative estimate of drug-likeness (QED) is 0.878. The monoisotopic (exact) mass is 301 g/mol. The Hall–Kier alpha value is -1.62. The molecule has 1 amide bonds. The molecule has 20 heavy (non-hydrogen) atoms. The van der Waals surface area contributed by atoms with E-state index in [2.05, 4.69) is 0 Å². The largest absolute Gasteiger partial charge is 0.481 e. The standard InChI is InChI=1S/C14H17ClFNO3/c1-9(2)17(7-3-4-13(18)19)14(20)10-5-6-11(15)12(16)8-10/h5-6,8-9H,3-4,7H2,1-2H3,(H,18,19). The molecule has 1 rings (SSSR count). The smallest absolute Gasteiger partial charge is 0.303 e. The van der Waals surface area contributed by atoms with E-state index in [0.717, 1.165) is 6.07 Å². The lowest BCUT2D eigenvalue weighted by Crippen LogP contribution is -2.38. The van der Waals surface area contributed by atoms with E-state index in [0.29, 0.717) is 13.0 Å². The molecule has 0 aliphatic rings. The summed E-state index contributed by atoms with van der Waals surface area (Å²) in [7, 11) is 0. The fraction of sp³-hybridized carbons (Fsp3) is 0.429. The van der Waals surface area contributed by atoms with E-state index in [1.807, 2.05) is 13.8 Å². The highest BCUT2D eigenvalue weighted by atomic mass is 35.5. The highest BCUT2D eigenvalue weighted by Gasteiger charge is 2.19. The SMILES string of the molecule is CC(C)N(CCCC(=O)O)C(=O)c1ccc(Cl)c(F)c1. The molecule has 0 aliphatic carbocycles. The van der Waals surface area contributed by atoms with Crippen LogP contribution in [-0.2, 0) is 4.79 Å². The van der Waals surface area contributed by atoms with Gasteiger partial charge >= 0.3 is 5.97 Å². The summed E-state index contributed by atoms with van der Waals surface area (Å²) < 4.78 is 13.4. The second-order valence-electron chi connectivity index (χ2n) is 4.72. The summed E-state index contributed by atoms with van der Waals surface area (Å²) in [4.78, 5) is 24.3. The topological polar surface area (TPSA) is 57.6 Å². The number of hydrogen-bond donors (Lipinski definition) is 1. The van der Waals surface area contributed by atoms with Crippen molar-refractivity contribution >= 4 is 23.5 Å². The van der Waals surface area contributed by atoms with Crippen LogP contribution in [0.3, 0.4) is 0 Å². The molecule has 0 radical (unpaired) electrons. The van der Waals surface area contributed by atoms with E-state index in [1.54, 1.807) is 0 Å². The van der Waals surface area contributed by atoms with Gasteiger partial charge in [0.1, 0.15) is 5.82 Å². The third-order valence-corrected chi connectivity index (χ3v) is 3.15. The third-order valence-electron chi connectivity index (χ3n) is 2.84. The van der Waals surface area contributed by atoms with Gasteiger partial charge in [-0.05, 0) is 38.5 Å². The molecule has 1 N–H and O–H groups in total. The molecule has 6 heteroatoms. The zero-order valence-electron chi connectivity index (χ0n) is 11.4. The Kier molecular flexibility index (Phi) is 5.95. The van der Waals surface area contributed by atoms with E-state index in [4.69, 9.17) is 16.7 Å². The summed E-state index contributed by atoms with van der Waals surface area (Å²) in [6.45, 7) is 3.96. The van der Waals surface area contributed by atoms with Gasteiger partial charge in [0, 0.05) is 24.6 Å². The summed E-state index contributed by atoms with van der Waals surface area (Å²) in [5.74, 6) is -1.88. The van der Waals surface area contributed by atoms with Crippen LogP contribution in [0.1, 0.15) is 37.0 Å². The molecule has 0 aliphatic heterocycles. The van der Waals surface area contributed by atoms with E-state index >= 15 is 0 Å². The van der Waals surface area contributed by atoms with Crippen molar-refractivity contribution < 1.29 is 19.1 Å². The van der Waals surface area contributed by atoms with Crippen LogP contribution < -0.4 is 0 Å². The van der Waals surface area contributed by atoms with E-state index in [-0.39, 0.29) is 29.0 Å². The molecule has 0 heterocycles. The summed E-state index contributed by atoms with van der Waals surface area (Å²) in [5.41, 5.74) is 0.205. The van der Waals surface area contributed by atoms with Gasteiger partial charge in [0.2, 0.25) is 0 Å². The normalized spacial score (nSPS) is 10.7. The van der Waals surface area contributed by atoms with Crippen molar-refractivity contribution in [1.82, 2.24) is 4.90 Å². The van der Waals surface area contributed by atoms with Crippen LogP contribution in [0, 0.1) is 5.82 Å². The van der Waals surface area contributed by atoms with Crippen LogP contribution in [0.15, 0.2) is 18.2 Å². The first-order chi connectivity index (χ1) is 9.32. The lowest BCUT2D eigenvalue weighted by molar-refractivity contribution is -0.137. The van der Waals surface area contributed by atoms with Gasteiger partial charge in [-0.25, -0.2) is 4.39 Å². The average molecular weight is 302 g/mol. The molecular formula is C14H17ClFNO3. The van der Waals surface area contributed by atoms with Crippen LogP contribution in [0.25, 0.3) is 0 Å². The predicted molar refractivity (Wildman–Crippen MR) is 74.5 cm³/mol. The van der Waals surface area contributed by atoms with Gasteiger partial charge in [-0.3, -0.25) is 9.59 Å². The van der Waals surface area contributed by atoms with Gasteiger partial charge in [0.05, 0.1) is 5.02 Å². The van der Waals surface area contributed by atoms with Crippen LogP contribution >= 0.6 is 11.6 Å². The highest BCUT2D eigenvalue weighted by molar-refractivity contribution is 6.30. The average Bonchev–Trinajstić information content (AvgIpc) is 2.36. The van der Waals surface area contributed by atoms with Crippen molar-refractivity contribution in [2.24, 2.45) is 0 Å². The van der Waals surface area contributed by atoms with Gasteiger partial charge in [-0.2, -0.15) is 0 Å². The lowest BCUT2D eigenvalue weighted by atomic mass is 10.1. The minimum atomic E-state index is -0.904. The van der Waals surface area contributed by atoms with E-state index < -0.39 is 11.8 Å². The molecular weight excluding hydrogens is 285 g/mol. The molecule has 0 saturated carbocycles. The Morgan fingerprint density at radius 1 is 1.40 bits per heavy atom. The Balaban J connectivity index is 2.82. The number of hydrogen-bond acceptors (Lipinski definition) is 2. The number of nitrogens with zero attached hydrogens (tertiary/aromatic N) is 1. The number of amides is 1. The number of benzene rings is 1. The number of carbonyl (C=O) groups is 2. The minimum Gasteiger partial charge on any atom is -0.481 e. The molecule has 0 atom stereocenters. The van der Waals surface area contributed by atoms with Crippen LogP contribution in [0.4, 0.5) is 4.39 Å². The Morgan fingerprint density at radius 3 is 2.55 bits per heavy atom. The van der Waals surface area contributed by atoms with Crippen molar-refractivity contribution in [3.8, 4) is 0 Å². The lowest BCUT2D eigenvalue weighted by Gasteiger charge is -2.26. The van der Waals surface area contributed by atoms with Gasteiger partial charge < -0.3 is 10.0 Å². The van der Waals surface area contributed by atoms with Crippen LogP contribution in [-0.4, -0.2) is 34.5 Å². The molecule has 1 aromatic carbocycles. The van der Waals surface area contributed by atoms with Crippen molar-refractivity contribution in [3.05, 3.63) is 34.6 Å². The first kappa shape index (κ1) is 16.4. The zero-order chi connectivity index (χ0) is 15.3. The zero-order valence-corrected chi connectivity index (χ0v) is 12.2. The molecule has 110 valence electrons. The third kappa shape index (κ3) is 4.49. The molecule has 1 aromatic rings. The van der Waals surface area contributed by atoms with Gasteiger partial charge in [-0.1, -0.05) is 11.6 Å². The molecule has 0 aromatic heterocycles. The van der Waals surface area contributed by atoms with Crippen LogP contribution in [0.5, 0.6) is 0 Å². The minimum absolute atomic E-state index is 0.00845. The Bertz CT molecular complexity index is 505. The van der Waals surface area contributed by atoms with Crippen LogP contribution in [0.2, 0.25) is 5.02 Å². The Morgan fingerprint density at radius 2 is 2.05 bits per heavy atom. The molecule has 0 saturated heterocycles. The van der Waals surface area contributed by atoms with E-state index in [9.17, 15) is 14.0 Å². The fourth-order valence-electron chi connectivity index (χ4n) is 1.79. The fourth-order valence-corrected chi connectivity index (χ4v) is 1.91. The molecule has 0 fully saturated rings. The van der Waals surface area contributed by atoms with Crippen molar-refractivity contribution in [2.75, 3.05) is 6.54 Å². The first-order valence-corrected chi connectivity index (χ1v) is 6.68. The second-order valence-corrected chi connectivity index (χ2v) is 5.13. The number of rotatable bonds is 6. The predicted octanol–water partition coefficient (Wildman–Crippen LogP) is 3.19. The summed E-state index contributed by atoms with van der Waals surface area (Å²) in [6, 6.07) is 3.78. The molecule has 4 nitrogen and oxygen atoms in total. The summed E-state index contributed by atoms with van der Waals surface area (Å²) in [6.07, 6.45) is 0.348. The molecule has 0 spiro atoms. The number of aliphatic carboxylic acids is 1. The summed E-state index contributed by atoms with van der Waals surface area (Å²) >= 11 is 5.58. The Labute approximate surface area is 122 Å². The van der Waals surface area contributed by atoms with Gasteiger partial charge in [-0.15, -0.1) is 0 Å². The molecule has 0 unspecified atom stereocenters. The maximum absolute atomic E-state index is 13.4. The maximum atomic E-state index is 13.4. The number of carboxylic acid groups (broad SMARTS) is 1. The second kappa shape index (κ2) is 7.24. The van der Waals surface area contributed by atoms with Gasteiger partial charge in [0.25, 0.3) is 5.91 Å². The van der Waals surface area contributed by atoms with Crippen molar-refractivity contribution in [2.45, 2.75) is 32.7 Å². The maximum Gasteiger partial charge on any atom is 0.303 e.